The van der Waals surface area contributed by atoms with Crippen molar-refractivity contribution in [3.63, 3.8) is 0 Å². The molecule has 2 saturated carbocycles. The highest BCUT2D eigenvalue weighted by Gasteiger charge is 2.44. The van der Waals surface area contributed by atoms with Gasteiger partial charge >= 0.3 is 0 Å². The Morgan fingerprint density at radius 3 is 2.91 bits per heavy atom. The van der Waals surface area contributed by atoms with E-state index in [1.54, 1.807) is 0 Å². The lowest BCUT2D eigenvalue weighted by Crippen LogP contribution is -2.38. The molecular weight excluding hydrogens is 136 g/mol. The first kappa shape index (κ1) is 7.60. The summed E-state index contributed by atoms with van der Waals surface area (Å²) in [5.74, 6) is 1.41. The van der Waals surface area contributed by atoms with E-state index in [0.717, 1.165) is 18.8 Å². The topological polar surface area (TPSA) is 20.2 Å². The Hall–Kier alpha value is -0.0400. The van der Waals surface area contributed by atoms with Crippen LogP contribution in [0.15, 0.2) is 0 Å². The molecule has 0 aromatic rings. The van der Waals surface area contributed by atoms with E-state index in [9.17, 15) is 5.11 Å². The van der Waals surface area contributed by atoms with E-state index in [2.05, 4.69) is 6.92 Å². The van der Waals surface area contributed by atoms with Gasteiger partial charge in [-0.25, -0.2) is 0 Å². The molecule has 2 aliphatic carbocycles. The molecule has 0 radical (unpaired) electrons. The fourth-order valence-corrected chi connectivity index (χ4v) is 3.00. The van der Waals surface area contributed by atoms with Crippen molar-refractivity contribution < 1.29 is 5.11 Å². The van der Waals surface area contributed by atoms with E-state index in [0.29, 0.717) is 5.92 Å². The molecule has 0 aliphatic heterocycles. The molecule has 0 saturated heterocycles. The number of aliphatic hydroxyl groups is 1. The summed E-state index contributed by atoms with van der Waals surface area (Å²) in [5.41, 5.74) is -0.238. The van der Waals surface area contributed by atoms with Crippen molar-refractivity contribution in [2.24, 2.45) is 11.8 Å². The number of hydrogen-bond donors (Lipinski definition) is 1. The Balaban J connectivity index is 2.10. The molecular formula is C10H18O. The van der Waals surface area contributed by atoms with Crippen molar-refractivity contribution in [1.82, 2.24) is 0 Å². The van der Waals surface area contributed by atoms with Crippen LogP contribution in [0.1, 0.15) is 45.4 Å². The van der Waals surface area contributed by atoms with Crippen LogP contribution in [0.4, 0.5) is 0 Å². The SMILES string of the molecule is C[C@@H]1CCC2CCCC2(O)C1. The molecule has 1 nitrogen and oxygen atoms in total. The number of fused-ring (bicyclic) bond motifs is 1. The van der Waals surface area contributed by atoms with Crippen LogP contribution in [0.25, 0.3) is 0 Å². The van der Waals surface area contributed by atoms with E-state index in [4.69, 9.17) is 0 Å². The summed E-state index contributed by atoms with van der Waals surface area (Å²) in [7, 11) is 0. The molecule has 2 fully saturated rings. The fraction of sp³-hybridized carbons (Fsp3) is 1.00. The Morgan fingerprint density at radius 2 is 2.09 bits per heavy atom. The lowest BCUT2D eigenvalue weighted by atomic mass is 9.73. The quantitative estimate of drug-likeness (QED) is 0.568. The lowest BCUT2D eigenvalue weighted by Gasteiger charge is -2.37. The molecule has 1 N–H and O–H groups in total. The number of hydrogen-bond acceptors (Lipinski definition) is 1. The normalized spacial score (nSPS) is 50.7. The lowest BCUT2D eigenvalue weighted by molar-refractivity contribution is -0.0431. The summed E-state index contributed by atoms with van der Waals surface area (Å²) in [6.45, 7) is 2.27. The minimum Gasteiger partial charge on any atom is -0.390 e. The van der Waals surface area contributed by atoms with Crippen LogP contribution in [0.2, 0.25) is 0 Å². The molecule has 2 aliphatic rings. The van der Waals surface area contributed by atoms with Gasteiger partial charge in [-0.1, -0.05) is 19.8 Å². The fourth-order valence-electron chi connectivity index (χ4n) is 3.00. The van der Waals surface area contributed by atoms with Gasteiger partial charge in [0.1, 0.15) is 0 Å². The maximum atomic E-state index is 10.2. The second kappa shape index (κ2) is 2.48. The van der Waals surface area contributed by atoms with Gasteiger partial charge < -0.3 is 5.11 Å². The molecule has 3 atom stereocenters. The van der Waals surface area contributed by atoms with Crippen LogP contribution in [0.5, 0.6) is 0 Å². The van der Waals surface area contributed by atoms with E-state index in [1.165, 1.54) is 25.7 Å². The van der Waals surface area contributed by atoms with Gasteiger partial charge in [-0.2, -0.15) is 0 Å². The second-order valence-electron chi connectivity index (χ2n) is 4.58. The smallest absolute Gasteiger partial charge is 0.0678 e. The first-order valence-electron chi connectivity index (χ1n) is 4.93. The van der Waals surface area contributed by atoms with Gasteiger partial charge in [0, 0.05) is 0 Å². The summed E-state index contributed by atoms with van der Waals surface area (Å²) < 4.78 is 0. The molecule has 0 amide bonds. The third-order valence-corrected chi connectivity index (χ3v) is 3.63. The highest BCUT2D eigenvalue weighted by Crippen LogP contribution is 2.47. The minimum absolute atomic E-state index is 0.238. The van der Waals surface area contributed by atoms with Crippen LogP contribution in [0, 0.1) is 11.8 Å². The Kier molecular flexibility index (Phi) is 1.71. The van der Waals surface area contributed by atoms with Gasteiger partial charge in [0.25, 0.3) is 0 Å². The molecule has 1 heteroatoms. The average Bonchev–Trinajstić information content (AvgIpc) is 2.28. The van der Waals surface area contributed by atoms with Crippen LogP contribution in [0.3, 0.4) is 0 Å². The van der Waals surface area contributed by atoms with Gasteiger partial charge in [0.15, 0.2) is 0 Å². The highest BCUT2D eigenvalue weighted by molar-refractivity contribution is 4.96. The summed E-state index contributed by atoms with van der Waals surface area (Å²) >= 11 is 0. The van der Waals surface area contributed by atoms with Crippen LogP contribution >= 0.6 is 0 Å². The van der Waals surface area contributed by atoms with Crippen molar-refractivity contribution in [3.8, 4) is 0 Å². The molecule has 0 aromatic carbocycles. The Morgan fingerprint density at radius 1 is 1.27 bits per heavy atom. The zero-order valence-electron chi connectivity index (χ0n) is 7.34. The molecule has 0 aromatic heterocycles. The molecule has 0 bridgehead atoms. The first-order chi connectivity index (χ1) is 5.21. The molecule has 11 heavy (non-hydrogen) atoms. The van der Waals surface area contributed by atoms with Crippen LogP contribution in [-0.4, -0.2) is 10.7 Å². The van der Waals surface area contributed by atoms with E-state index in [1.807, 2.05) is 0 Å². The Labute approximate surface area is 68.8 Å². The van der Waals surface area contributed by atoms with Crippen LogP contribution < -0.4 is 0 Å². The third-order valence-electron chi connectivity index (χ3n) is 3.63. The predicted molar refractivity (Wildman–Crippen MR) is 45.3 cm³/mol. The van der Waals surface area contributed by atoms with Gasteiger partial charge in [0.2, 0.25) is 0 Å². The van der Waals surface area contributed by atoms with E-state index >= 15 is 0 Å². The molecule has 64 valence electrons. The Bertz CT molecular complexity index is 155. The first-order valence-corrected chi connectivity index (χ1v) is 4.93. The largest absolute Gasteiger partial charge is 0.390 e. The van der Waals surface area contributed by atoms with Gasteiger partial charge in [-0.15, -0.1) is 0 Å². The van der Waals surface area contributed by atoms with Crippen LogP contribution in [-0.2, 0) is 0 Å². The molecule has 2 unspecified atom stereocenters. The van der Waals surface area contributed by atoms with E-state index in [-0.39, 0.29) is 5.60 Å². The van der Waals surface area contributed by atoms with Crippen molar-refractivity contribution in [1.29, 1.82) is 0 Å². The summed E-state index contributed by atoms with van der Waals surface area (Å²) in [4.78, 5) is 0. The standard InChI is InChI=1S/C10H18O/c1-8-4-5-9-3-2-6-10(9,11)7-8/h8-9,11H,2-7H2,1H3/t8-,9?,10?/m1/s1. The van der Waals surface area contributed by atoms with Crippen molar-refractivity contribution in [2.75, 3.05) is 0 Å². The molecule has 0 spiro atoms. The van der Waals surface area contributed by atoms with Crippen molar-refractivity contribution in [3.05, 3.63) is 0 Å². The van der Waals surface area contributed by atoms with Gasteiger partial charge in [-0.05, 0) is 37.5 Å². The predicted octanol–water partition coefficient (Wildman–Crippen LogP) is 2.34. The maximum Gasteiger partial charge on any atom is 0.0678 e. The van der Waals surface area contributed by atoms with Gasteiger partial charge in [-0.3, -0.25) is 0 Å². The second-order valence-corrected chi connectivity index (χ2v) is 4.58. The average molecular weight is 154 g/mol. The highest BCUT2D eigenvalue weighted by atomic mass is 16.3. The van der Waals surface area contributed by atoms with Gasteiger partial charge in [0.05, 0.1) is 5.60 Å². The molecule has 0 heterocycles. The third kappa shape index (κ3) is 1.20. The zero-order chi connectivity index (χ0) is 7.90. The number of rotatable bonds is 0. The van der Waals surface area contributed by atoms with Crippen molar-refractivity contribution in [2.45, 2.75) is 51.0 Å². The summed E-state index contributed by atoms with van der Waals surface area (Å²) in [6.07, 6.45) is 7.29. The summed E-state index contributed by atoms with van der Waals surface area (Å²) in [6, 6.07) is 0. The van der Waals surface area contributed by atoms with Crippen molar-refractivity contribution >= 4 is 0 Å². The van der Waals surface area contributed by atoms with E-state index < -0.39 is 0 Å². The maximum absolute atomic E-state index is 10.2. The molecule has 2 rings (SSSR count). The minimum atomic E-state index is -0.238. The zero-order valence-corrected chi connectivity index (χ0v) is 7.34. The monoisotopic (exact) mass is 154 g/mol. The summed E-state index contributed by atoms with van der Waals surface area (Å²) in [5, 5.41) is 10.2.